The predicted molar refractivity (Wildman–Crippen MR) is 120 cm³/mol. The van der Waals surface area contributed by atoms with Gasteiger partial charge in [-0.1, -0.05) is 0 Å². The molecule has 2 rings (SSSR count). The summed E-state index contributed by atoms with van der Waals surface area (Å²) in [5, 5.41) is 0. The lowest BCUT2D eigenvalue weighted by Crippen LogP contribution is -2.12. The van der Waals surface area contributed by atoms with Crippen molar-refractivity contribution in [2.75, 3.05) is 0 Å². The molecule has 0 atom stereocenters. The van der Waals surface area contributed by atoms with Gasteiger partial charge in [0.25, 0.3) is 0 Å². The van der Waals surface area contributed by atoms with Crippen LogP contribution in [0.15, 0.2) is 24.3 Å². The summed E-state index contributed by atoms with van der Waals surface area (Å²) in [6, 6.07) is 4.56. The molecule has 0 aliphatic heterocycles. The van der Waals surface area contributed by atoms with Crippen molar-refractivity contribution in [3.63, 3.8) is 0 Å². The van der Waals surface area contributed by atoms with Gasteiger partial charge in [-0.05, 0) is 0 Å². The lowest BCUT2D eigenvalue weighted by molar-refractivity contribution is -0.133. The van der Waals surface area contributed by atoms with Crippen LogP contribution in [0.4, 0.5) is 0 Å². The largest absolute Gasteiger partial charge is 0.426 e. The fourth-order valence-corrected chi connectivity index (χ4v) is 3.02. The van der Waals surface area contributed by atoms with Gasteiger partial charge in [0, 0.05) is 65.8 Å². The first-order chi connectivity index (χ1) is 16.8. The van der Waals surface area contributed by atoms with Gasteiger partial charge >= 0.3 is 35.8 Å². The number of rotatable bonds is 7. The molecule has 0 aromatic heterocycles. The van der Waals surface area contributed by atoms with E-state index in [2.05, 4.69) is 0 Å². The van der Waals surface area contributed by atoms with Crippen LogP contribution in [0.5, 0.6) is 34.5 Å². The molecule has 0 heterocycles. The summed E-state index contributed by atoms with van der Waals surface area (Å²) in [4.78, 5) is 70.6. The van der Waals surface area contributed by atoms with E-state index in [0.717, 1.165) is 65.8 Å². The molecule has 2 aromatic rings. The Kier molecular flexibility index (Phi) is 8.86. The molecule has 0 fully saturated rings. The summed E-state index contributed by atoms with van der Waals surface area (Å²) in [5.74, 6) is -6.24. The summed E-state index contributed by atoms with van der Waals surface area (Å²) >= 11 is 0. The Morgan fingerprint density at radius 2 is 0.583 bits per heavy atom. The minimum atomic E-state index is -0.815. The first-order valence-electron chi connectivity index (χ1n) is 10.2. The van der Waals surface area contributed by atoms with E-state index < -0.39 is 35.8 Å². The lowest BCUT2D eigenvalue weighted by Gasteiger charge is -2.20. The molecule has 0 radical (unpaired) electrons. The van der Waals surface area contributed by atoms with Crippen molar-refractivity contribution in [3.05, 3.63) is 24.3 Å². The molecular formula is C24H22O12. The zero-order chi connectivity index (χ0) is 27.2. The van der Waals surface area contributed by atoms with E-state index in [0.29, 0.717) is 0 Å². The molecule has 0 bridgehead atoms. The highest BCUT2D eigenvalue weighted by Gasteiger charge is 2.28. The summed E-state index contributed by atoms with van der Waals surface area (Å²) in [6.45, 7) is 6.57. The Morgan fingerprint density at radius 3 is 0.750 bits per heavy atom. The summed E-state index contributed by atoms with van der Waals surface area (Å²) < 4.78 is 31.2. The normalized spacial score (nSPS) is 10.1. The Hall–Kier alpha value is -4.74. The molecule has 0 aliphatic rings. The molecule has 36 heavy (non-hydrogen) atoms. The van der Waals surface area contributed by atoms with Gasteiger partial charge in [-0.25, -0.2) is 0 Å². The topological polar surface area (TPSA) is 158 Å². The van der Waals surface area contributed by atoms with Gasteiger partial charge in [-0.2, -0.15) is 0 Å². The third-order valence-electron chi connectivity index (χ3n) is 3.87. The highest BCUT2D eigenvalue weighted by Crippen LogP contribution is 2.51. The molecule has 0 aliphatic carbocycles. The van der Waals surface area contributed by atoms with Gasteiger partial charge in [-0.3, -0.25) is 28.8 Å². The Bertz CT molecular complexity index is 1090. The zero-order valence-electron chi connectivity index (χ0n) is 20.2. The summed E-state index contributed by atoms with van der Waals surface area (Å²) in [5.41, 5.74) is -0.364. The maximum absolute atomic E-state index is 11.9. The number of carbonyl (C=O) groups is 6. The molecule has 0 N–H and O–H groups in total. The molecule has 0 saturated heterocycles. The van der Waals surface area contributed by atoms with Gasteiger partial charge in [0.05, 0.1) is 11.1 Å². The van der Waals surface area contributed by atoms with Crippen molar-refractivity contribution in [3.8, 4) is 45.6 Å². The Balaban J connectivity index is 3.06. The van der Waals surface area contributed by atoms with Crippen molar-refractivity contribution < 1.29 is 57.2 Å². The Labute approximate surface area is 205 Å². The van der Waals surface area contributed by atoms with Gasteiger partial charge in [0.1, 0.15) is 34.5 Å². The van der Waals surface area contributed by atoms with Crippen molar-refractivity contribution in [2.45, 2.75) is 41.5 Å². The van der Waals surface area contributed by atoms with E-state index in [9.17, 15) is 28.8 Å². The minimum absolute atomic E-state index is 0.154. The van der Waals surface area contributed by atoms with Gasteiger partial charge in [-0.15, -0.1) is 0 Å². The lowest BCUT2D eigenvalue weighted by atomic mass is 10.00. The van der Waals surface area contributed by atoms with Gasteiger partial charge in [0.15, 0.2) is 0 Å². The van der Waals surface area contributed by atoms with Crippen LogP contribution in [0.1, 0.15) is 41.5 Å². The Morgan fingerprint density at radius 1 is 0.389 bits per heavy atom. The summed E-state index contributed by atoms with van der Waals surface area (Å²) in [7, 11) is 0. The average molecular weight is 502 g/mol. The van der Waals surface area contributed by atoms with Crippen LogP contribution in [0, 0.1) is 0 Å². The first kappa shape index (κ1) is 27.5. The van der Waals surface area contributed by atoms with Crippen LogP contribution in [0.3, 0.4) is 0 Å². The van der Waals surface area contributed by atoms with Crippen LogP contribution in [-0.4, -0.2) is 35.8 Å². The minimum Gasteiger partial charge on any atom is -0.426 e. The molecule has 0 saturated carbocycles. The van der Waals surface area contributed by atoms with Crippen molar-refractivity contribution in [1.82, 2.24) is 0 Å². The van der Waals surface area contributed by atoms with Crippen molar-refractivity contribution in [1.29, 1.82) is 0 Å². The second-order valence-electron chi connectivity index (χ2n) is 7.15. The number of esters is 6. The molecule has 2 aromatic carbocycles. The number of ether oxygens (including phenoxy) is 6. The molecular weight excluding hydrogens is 480 g/mol. The number of carbonyl (C=O) groups excluding carboxylic acids is 6. The second kappa shape index (κ2) is 11.6. The van der Waals surface area contributed by atoms with E-state index in [1.54, 1.807) is 0 Å². The van der Waals surface area contributed by atoms with Gasteiger partial charge < -0.3 is 28.4 Å². The van der Waals surface area contributed by atoms with Crippen LogP contribution in [-0.2, 0) is 28.8 Å². The fourth-order valence-electron chi connectivity index (χ4n) is 3.02. The predicted octanol–water partition coefficient (Wildman–Crippen LogP) is 2.91. The van der Waals surface area contributed by atoms with Crippen LogP contribution in [0.25, 0.3) is 11.1 Å². The van der Waals surface area contributed by atoms with Crippen molar-refractivity contribution in [2.24, 2.45) is 0 Å². The third-order valence-corrected chi connectivity index (χ3v) is 3.87. The van der Waals surface area contributed by atoms with E-state index in [4.69, 9.17) is 28.4 Å². The third kappa shape index (κ3) is 7.65. The molecule has 190 valence electrons. The summed E-state index contributed by atoms with van der Waals surface area (Å²) in [6.07, 6.45) is 0. The van der Waals surface area contributed by atoms with Crippen LogP contribution in [0.2, 0.25) is 0 Å². The highest BCUT2D eigenvalue weighted by molar-refractivity contribution is 5.93. The number of hydrogen-bond donors (Lipinski definition) is 0. The van der Waals surface area contributed by atoms with E-state index in [-0.39, 0.29) is 45.6 Å². The first-order valence-corrected chi connectivity index (χ1v) is 10.2. The molecule has 12 nitrogen and oxygen atoms in total. The molecule has 0 unspecified atom stereocenters. The highest BCUT2D eigenvalue weighted by atomic mass is 16.6. The maximum Gasteiger partial charge on any atom is 0.308 e. The molecule has 0 spiro atoms. The monoisotopic (exact) mass is 502 g/mol. The zero-order valence-corrected chi connectivity index (χ0v) is 20.2. The van der Waals surface area contributed by atoms with Crippen molar-refractivity contribution >= 4 is 35.8 Å². The smallest absolute Gasteiger partial charge is 0.308 e. The quantitative estimate of drug-likeness (QED) is 0.403. The van der Waals surface area contributed by atoms with Crippen LogP contribution >= 0.6 is 0 Å². The average Bonchev–Trinajstić information content (AvgIpc) is 2.66. The maximum atomic E-state index is 11.9. The van der Waals surface area contributed by atoms with E-state index in [1.807, 2.05) is 0 Å². The van der Waals surface area contributed by atoms with E-state index >= 15 is 0 Å². The number of benzene rings is 2. The van der Waals surface area contributed by atoms with E-state index in [1.165, 1.54) is 0 Å². The van der Waals surface area contributed by atoms with Crippen LogP contribution < -0.4 is 28.4 Å². The second-order valence-corrected chi connectivity index (χ2v) is 7.15. The standard InChI is InChI=1S/C24H22O12/c1-11(25)31-17-7-19(33-13(3)27)23(20(8-17)34-14(4)28)24-21(35-15(5)29)9-18(32-12(2)26)10-22(24)36-16(6)30/h7-10H,1-6H3. The fraction of sp³-hybridized carbons (Fsp3) is 0.250. The number of hydrogen-bond acceptors (Lipinski definition) is 12. The molecule has 0 amide bonds. The molecule has 12 heteroatoms. The van der Waals surface area contributed by atoms with Gasteiger partial charge in [0.2, 0.25) is 0 Å². The SMILES string of the molecule is CC(=O)Oc1cc(OC(C)=O)c(-c2c(OC(C)=O)cc(OC(C)=O)cc2OC(C)=O)c(OC(C)=O)c1.